The molecule has 2 aromatic rings. The van der Waals surface area contributed by atoms with Gasteiger partial charge in [0.2, 0.25) is 5.78 Å². The minimum atomic E-state index is -1.38. The Morgan fingerprint density at radius 1 is 0.909 bits per heavy atom. The molecule has 0 heterocycles. The lowest BCUT2D eigenvalue weighted by molar-refractivity contribution is 0.0733. The molecule has 0 aromatic heterocycles. The number of benzene rings is 2. The van der Waals surface area contributed by atoms with E-state index in [1.165, 1.54) is 0 Å². The van der Waals surface area contributed by atoms with E-state index < -0.39 is 34.7 Å². The Morgan fingerprint density at radius 2 is 1.50 bits per heavy atom. The molecule has 1 aliphatic rings. The van der Waals surface area contributed by atoms with E-state index in [0.29, 0.717) is 12.1 Å². The van der Waals surface area contributed by atoms with E-state index in [1.54, 1.807) is 0 Å². The molecule has 1 saturated carbocycles. The number of hydrogen-bond donors (Lipinski definition) is 0. The zero-order chi connectivity index (χ0) is 15.9. The fourth-order valence-electron chi connectivity index (χ4n) is 2.18. The zero-order valence-electron chi connectivity index (χ0n) is 11.2. The molecule has 0 radical (unpaired) electrons. The number of carbonyl (C=O) groups excluding carboxylic acids is 1. The van der Waals surface area contributed by atoms with Crippen molar-refractivity contribution in [2.24, 2.45) is 0 Å². The minimum absolute atomic E-state index is 0.277. The first kappa shape index (κ1) is 14.6. The van der Waals surface area contributed by atoms with Crippen LogP contribution in [-0.2, 0) is 0 Å². The normalized spacial score (nSPS) is 15.5. The molecule has 0 unspecified atom stereocenters. The van der Waals surface area contributed by atoms with Crippen molar-refractivity contribution in [2.45, 2.75) is 18.4 Å². The van der Waals surface area contributed by atoms with Crippen molar-refractivity contribution in [3.05, 3.63) is 65.2 Å². The minimum Gasteiger partial charge on any atom is -0.476 e. The third-order valence-electron chi connectivity index (χ3n) is 3.49. The molecule has 0 saturated heterocycles. The topological polar surface area (TPSA) is 26.3 Å². The smallest absolute Gasteiger partial charge is 0.209 e. The van der Waals surface area contributed by atoms with E-state index in [2.05, 4.69) is 0 Å². The molecule has 1 fully saturated rings. The van der Waals surface area contributed by atoms with Crippen LogP contribution in [0.4, 0.5) is 17.6 Å². The summed E-state index contributed by atoms with van der Waals surface area (Å²) in [7, 11) is 0. The average Bonchev–Trinajstić information content (AvgIpc) is 3.22. The third-order valence-corrected chi connectivity index (χ3v) is 3.49. The second-order valence-electron chi connectivity index (χ2n) is 5.12. The summed E-state index contributed by atoms with van der Waals surface area (Å²) in [6.07, 6.45) is 0.554. The Hall–Kier alpha value is -2.37. The standard InChI is InChI=1S/C16H10F4O2/c17-9-1-3-11(12(19)7-9)15(21)16(5-6-16)22-14-4-2-10(18)8-13(14)20/h1-4,7-8H,5-6H2. The van der Waals surface area contributed by atoms with E-state index in [0.717, 1.165) is 24.3 Å². The van der Waals surface area contributed by atoms with Gasteiger partial charge in [0.25, 0.3) is 0 Å². The van der Waals surface area contributed by atoms with Gasteiger partial charge in [0, 0.05) is 12.1 Å². The molecule has 3 rings (SSSR count). The predicted octanol–water partition coefficient (Wildman–Crippen LogP) is 4.04. The van der Waals surface area contributed by atoms with Crippen molar-refractivity contribution >= 4 is 5.78 Å². The number of Topliss-reactive ketones (excluding diaryl/α,β-unsaturated/α-hetero) is 1. The second-order valence-corrected chi connectivity index (χ2v) is 5.12. The monoisotopic (exact) mass is 310 g/mol. The van der Waals surface area contributed by atoms with Crippen LogP contribution in [-0.4, -0.2) is 11.4 Å². The molecule has 0 spiro atoms. The first-order valence-electron chi connectivity index (χ1n) is 6.55. The molecular formula is C16H10F4O2. The largest absolute Gasteiger partial charge is 0.476 e. The van der Waals surface area contributed by atoms with Crippen molar-refractivity contribution < 1.29 is 27.1 Å². The summed E-state index contributed by atoms with van der Waals surface area (Å²) < 4.78 is 58.4. The van der Waals surface area contributed by atoms with E-state index in [9.17, 15) is 22.4 Å². The Balaban J connectivity index is 1.88. The Labute approximate surface area is 123 Å². The van der Waals surface area contributed by atoms with Crippen LogP contribution in [0, 0.1) is 23.3 Å². The first-order valence-corrected chi connectivity index (χ1v) is 6.55. The highest BCUT2D eigenvalue weighted by atomic mass is 19.1. The number of carbonyl (C=O) groups is 1. The number of halogens is 4. The molecule has 0 amide bonds. The molecule has 114 valence electrons. The molecule has 0 N–H and O–H groups in total. The van der Waals surface area contributed by atoms with Gasteiger partial charge in [-0.1, -0.05) is 0 Å². The summed E-state index contributed by atoms with van der Waals surface area (Å²) in [4.78, 5) is 12.4. The van der Waals surface area contributed by atoms with Gasteiger partial charge in [-0.25, -0.2) is 17.6 Å². The van der Waals surface area contributed by atoms with E-state index in [4.69, 9.17) is 4.74 Å². The van der Waals surface area contributed by atoms with Gasteiger partial charge in [0.1, 0.15) is 17.5 Å². The number of ether oxygens (including phenoxy) is 1. The maximum absolute atomic E-state index is 13.7. The van der Waals surface area contributed by atoms with Gasteiger partial charge in [0.15, 0.2) is 17.2 Å². The maximum Gasteiger partial charge on any atom is 0.209 e. The van der Waals surface area contributed by atoms with Crippen LogP contribution < -0.4 is 4.74 Å². The average molecular weight is 310 g/mol. The van der Waals surface area contributed by atoms with Crippen molar-refractivity contribution in [1.29, 1.82) is 0 Å². The van der Waals surface area contributed by atoms with E-state index in [-0.39, 0.29) is 24.2 Å². The van der Waals surface area contributed by atoms with Gasteiger partial charge < -0.3 is 4.74 Å². The number of rotatable bonds is 4. The molecule has 0 atom stereocenters. The van der Waals surface area contributed by atoms with Gasteiger partial charge in [-0.3, -0.25) is 4.79 Å². The summed E-state index contributed by atoms with van der Waals surface area (Å²) in [5.41, 5.74) is -1.70. The van der Waals surface area contributed by atoms with Crippen molar-refractivity contribution in [1.82, 2.24) is 0 Å². The molecule has 2 aromatic carbocycles. The molecule has 22 heavy (non-hydrogen) atoms. The Bertz CT molecular complexity index is 754. The van der Waals surface area contributed by atoms with Crippen LogP contribution in [0.1, 0.15) is 23.2 Å². The molecule has 1 aliphatic carbocycles. The quantitative estimate of drug-likeness (QED) is 0.629. The molecular weight excluding hydrogens is 300 g/mol. The van der Waals surface area contributed by atoms with Gasteiger partial charge >= 0.3 is 0 Å². The SMILES string of the molecule is O=C(c1ccc(F)cc1F)C1(Oc2ccc(F)cc2F)CC1. The molecule has 6 heteroatoms. The Kier molecular flexibility index (Phi) is 3.39. The third kappa shape index (κ3) is 2.56. The summed E-state index contributed by atoms with van der Waals surface area (Å²) >= 11 is 0. The van der Waals surface area contributed by atoms with Crippen LogP contribution in [0.15, 0.2) is 36.4 Å². The summed E-state index contributed by atoms with van der Waals surface area (Å²) in [6, 6.07) is 5.29. The lowest BCUT2D eigenvalue weighted by atomic mass is 10.0. The first-order chi connectivity index (χ1) is 10.4. The Morgan fingerprint density at radius 3 is 2.05 bits per heavy atom. The van der Waals surface area contributed by atoms with Crippen LogP contribution in [0.25, 0.3) is 0 Å². The number of ketones is 1. The van der Waals surface area contributed by atoms with Crippen LogP contribution in [0.2, 0.25) is 0 Å². The molecule has 0 bridgehead atoms. The fraction of sp³-hybridized carbons (Fsp3) is 0.188. The van der Waals surface area contributed by atoms with Crippen molar-refractivity contribution in [3.63, 3.8) is 0 Å². The molecule has 2 nitrogen and oxygen atoms in total. The molecule has 0 aliphatic heterocycles. The van der Waals surface area contributed by atoms with Crippen LogP contribution in [0.3, 0.4) is 0 Å². The highest BCUT2D eigenvalue weighted by Crippen LogP contribution is 2.44. The predicted molar refractivity (Wildman–Crippen MR) is 69.6 cm³/mol. The van der Waals surface area contributed by atoms with E-state index >= 15 is 0 Å². The highest BCUT2D eigenvalue weighted by molar-refractivity contribution is 6.04. The second kappa shape index (κ2) is 5.12. The summed E-state index contributed by atoms with van der Waals surface area (Å²) in [5.74, 6) is -4.49. The maximum atomic E-state index is 13.7. The lowest BCUT2D eigenvalue weighted by Gasteiger charge is -2.17. The number of hydrogen-bond acceptors (Lipinski definition) is 2. The zero-order valence-corrected chi connectivity index (χ0v) is 11.2. The van der Waals surface area contributed by atoms with Crippen molar-refractivity contribution in [3.8, 4) is 5.75 Å². The van der Waals surface area contributed by atoms with Crippen molar-refractivity contribution in [2.75, 3.05) is 0 Å². The summed E-state index contributed by atoms with van der Waals surface area (Å²) in [5, 5.41) is 0. The highest BCUT2D eigenvalue weighted by Gasteiger charge is 2.54. The van der Waals surface area contributed by atoms with Gasteiger partial charge in [-0.2, -0.15) is 0 Å². The van der Waals surface area contributed by atoms with Gasteiger partial charge in [-0.05, 0) is 37.1 Å². The van der Waals surface area contributed by atoms with E-state index in [1.807, 2.05) is 0 Å². The van der Waals surface area contributed by atoms with Crippen LogP contribution in [0.5, 0.6) is 5.75 Å². The van der Waals surface area contributed by atoms with Gasteiger partial charge in [-0.15, -0.1) is 0 Å². The van der Waals surface area contributed by atoms with Gasteiger partial charge in [0.05, 0.1) is 5.56 Å². The summed E-state index contributed by atoms with van der Waals surface area (Å²) in [6.45, 7) is 0. The van der Waals surface area contributed by atoms with Crippen LogP contribution >= 0.6 is 0 Å². The fourth-order valence-corrected chi connectivity index (χ4v) is 2.18. The lowest BCUT2D eigenvalue weighted by Crippen LogP contribution is -2.30.